The second-order valence-corrected chi connectivity index (χ2v) is 6.92. The topological polar surface area (TPSA) is 66.5 Å². The Kier molecular flexibility index (Phi) is 5.20. The van der Waals surface area contributed by atoms with E-state index in [1.165, 1.54) is 0 Å². The molecule has 1 amide bonds. The molecule has 0 unspecified atom stereocenters. The van der Waals surface area contributed by atoms with Crippen molar-refractivity contribution in [2.45, 2.75) is 25.4 Å². The van der Waals surface area contributed by atoms with Gasteiger partial charge in [0.15, 0.2) is 0 Å². The number of benzene rings is 1. The van der Waals surface area contributed by atoms with Crippen LogP contribution in [0.4, 0.5) is 15.9 Å². The maximum atomic E-state index is 14.4. The Hall–Kier alpha value is -2.67. The van der Waals surface area contributed by atoms with Gasteiger partial charge in [-0.1, -0.05) is 6.07 Å². The molecule has 2 fully saturated rings. The number of nitrogens with zero attached hydrogens (tertiary/aromatic N) is 2. The number of halogens is 1. The van der Waals surface area contributed by atoms with E-state index in [0.29, 0.717) is 56.0 Å². The summed E-state index contributed by atoms with van der Waals surface area (Å²) in [6.45, 7) is 3.13. The van der Waals surface area contributed by atoms with Crippen molar-refractivity contribution in [2.75, 3.05) is 36.5 Å². The van der Waals surface area contributed by atoms with Crippen molar-refractivity contribution >= 4 is 17.4 Å². The summed E-state index contributed by atoms with van der Waals surface area (Å²) in [4.78, 5) is 18.2. The lowest BCUT2D eigenvalue weighted by molar-refractivity contribution is 0.0950. The van der Waals surface area contributed by atoms with Gasteiger partial charge < -0.3 is 20.3 Å². The average molecular weight is 370 g/mol. The Morgan fingerprint density at radius 1 is 1.22 bits per heavy atom. The minimum Gasteiger partial charge on any atom is -0.378 e. The zero-order valence-electron chi connectivity index (χ0n) is 15.1. The summed E-state index contributed by atoms with van der Waals surface area (Å²) in [6, 6.07) is 9.12. The minimum atomic E-state index is -0.226. The highest BCUT2D eigenvalue weighted by molar-refractivity contribution is 5.94. The first kappa shape index (κ1) is 17.7. The summed E-state index contributed by atoms with van der Waals surface area (Å²) in [7, 11) is 0. The number of aromatic nitrogens is 1. The van der Waals surface area contributed by atoms with Crippen LogP contribution in [0.3, 0.4) is 0 Å². The van der Waals surface area contributed by atoms with Crippen molar-refractivity contribution in [3.63, 3.8) is 0 Å². The van der Waals surface area contributed by atoms with E-state index in [4.69, 9.17) is 4.74 Å². The standard InChI is InChI=1S/C20H23FN4O2/c21-17-11-14(1-5-18(17)25-7-9-27-10-8-25)12-22-19-6-2-15(13-23-19)20(26)24-16-3-4-16/h1-2,5-6,11,13,16H,3-4,7-10,12H2,(H,22,23)(H,24,26). The molecule has 1 aromatic carbocycles. The Labute approximate surface area is 157 Å². The molecule has 1 aliphatic heterocycles. The van der Waals surface area contributed by atoms with E-state index in [1.807, 2.05) is 17.0 Å². The number of pyridine rings is 1. The molecule has 0 atom stereocenters. The van der Waals surface area contributed by atoms with Crippen molar-refractivity contribution in [3.05, 3.63) is 53.5 Å². The summed E-state index contributed by atoms with van der Waals surface area (Å²) in [5.74, 6) is 0.337. The quantitative estimate of drug-likeness (QED) is 0.818. The van der Waals surface area contributed by atoms with Crippen LogP contribution in [0.15, 0.2) is 36.5 Å². The number of rotatable bonds is 6. The molecular formula is C20H23FN4O2. The van der Waals surface area contributed by atoms with Crippen molar-refractivity contribution in [1.82, 2.24) is 10.3 Å². The first-order valence-corrected chi connectivity index (χ1v) is 9.31. The summed E-state index contributed by atoms with van der Waals surface area (Å²) in [5.41, 5.74) is 2.00. The minimum absolute atomic E-state index is 0.0858. The molecule has 2 heterocycles. The van der Waals surface area contributed by atoms with Crippen molar-refractivity contribution < 1.29 is 13.9 Å². The van der Waals surface area contributed by atoms with E-state index in [-0.39, 0.29) is 11.7 Å². The molecule has 1 saturated carbocycles. The molecule has 27 heavy (non-hydrogen) atoms. The zero-order chi connectivity index (χ0) is 18.6. The first-order valence-electron chi connectivity index (χ1n) is 9.31. The van der Waals surface area contributed by atoms with Gasteiger partial charge in [-0.3, -0.25) is 4.79 Å². The first-order chi connectivity index (χ1) is 13.2. The third-order valence-electron chi connectivity index (χ3n) is 4.78. The molecule has 2 N–H and O–H groups in total. The van der Waals surface area contributed by atoms with E-state index in [0.717, 1.165) is 18.4 Å². The summed E-state index contributed by atoms with van der Waals surface area (Å²) in [6.07, 6.45) is 3.67. The number of anilines is 2. The summed E-state index contributed by atoms with van der Waals surface area (Å²) >= 11 is 0. The summed E-state index contributed by atoms with van der Waals surface area (Å²) in [5, 5.41) is 6.10. The second kappa shape index (κ2) is 7.92. The SMILES string of the molecule is O=C(NC1CC1)c1ccc(NCc2ccc(N3CCOCC3)c(F)c2)nc1. The number of carbonyl (C=O) groups is 1. The molecule has 4 rings (SSSR count). The molecule has 1 aliphatic carbocycles. The molecule has 0 radical (unpaired) electrons. The average Bonchev–Trinajstić information content (AvgIpc) is 3.51. The third-order valence-corrected chi connectivity index (χ3v) is 4.78. The number of carbonyl (C=O) groups excluding carboxylic acids is 1. The zero-order valence-corrected chi connectivity index (χ0v) is 15.1. The molecule has 1 aromatic heterocycles. The molecule has 6 nitrogen and oxygen atoms in total. The molecule has 142 valence electrons. The molecule has 0 bridgehead atoms. The second-order valence-electron chi connectivity index (χ2n) is 6.92. The fraction of sp³-hybridized carbons (Fsp3) is 0.400. The van der Waals surface area contributed by atoms with E-state index in [1.54, 1.807) is 24.4 Å². The normalized spacial score (nSPS) is 16.9. The van der Waals surface area contributed by atoms with Crippen LogP contribution in [-0.4, -0.2) is 43.2 Å². The van der Waals surface area contributed by atoms with Gasteiger partial charge in [-0.2, -0.15) is 0 Å². The van der Waals surface area contributed by atoms with Crippen LogP contribution >= 0.6 is 0 Å². The highest BCUT2D eigenvalue weighted by Gasteiger charge is 2.23. The van der Waals surface area contributed by atoms with Gasteiger partial charge in [0.25, 0.3) is 5.91 Å². The largest absolute Gasteiger partial charge is 0.378 e. The van der Waals surface area contributed by atoms with Crippen LogP contribution in [0.5, 0.6) is 0 Å². The summed E-state index contributed by atoms with van der Waals surface area (Å²) < 4.78 is 19.8. The van der Waals surface area contributed by atoms with E-state index in [2.05, 4.69) is 15.6 Å². The lowest BCUT2D eigenvalue weighted by Gasteiger charge is -2.29. The highest BCUT2D eigenvalue weighted by Crippen LogP contribution is 2.22. The number of nitrogens with one attached hydrogen (secondary N) is 2. The van der Waals surface area contributed by atoms with Crippen LogP contribution in [0.1, 0.15) is 28.8 Å². The Bertz CT molecular complexity index is 802. The lowest BCUT2D eigenvalue weighted by atomic mass is 10.1. The molecule has 1 saturated heterocycles. The predicted molar refractivity (Wildman–Crippen MR) is 101 cm³/mol. The van der Waals surface area contributed by atoms with Crippen LogP contribution in [0, 0.1) is 5.82 Å². The molecule has 0 spiro atoms. The van der Waals surface area contributed by atoms with E-state index >= 15 is 0 Å². The lowest BCUT2D eigenvalue weighted by Crippen LogP contribution is -2.36. The van der Waals surface area contributed by atoms with Gasteiger partial charge in [-0.15, -0.1) is 0 Å². The van der Waals surface area contributed by atoms with Gasteiger partial charge in [0, 0.05) is 31.9 Å². The van der Waals surface area contributed by atoms with Gasteiger partial charge in [-0.25, -0.2) is 9.37 Å². The third kappa shape index (κ3) is 4.54. The maximum absolute atomic E-state index is 14.4. The Balaban J connectivity index is 1.34. The van der Waals surface area contributed by atoms with Crippen molar-refractivity contribution in [2.24, 2.45) is 0 Å². The van der Waals surface area contributed by atoms with Crippen LogP contribution in [-0.2, 0) is 11.3 Å². The van der Waals surface area contributed by atoms with Crippen LogP contribution < -0.4 is 15.5 Å². The van der Waals surface area contributed by atoms with Crippen molar-refractivity contribution in [3.8, 4) is 0 Å². The number of hydrogen-bond acceptors (Lipinski definition) is 5. The maximum Gasteiger partial charge on any atom is 0.253 e. The van der Waals surface area contributed by atoms with E-state index in [9.17, 15) is 9.18 Å². The van der Waals surface area contributed by atoms with Gasteiger partial charge in [0.1, 0.15) is 11.6 Å². The number of ether oxygens (including phenoxy) is 1. The van der Waals surface area contributed by atoms with Crippen LogP contribution in [0.25, 0.3) is 0 Å². The molecule has 2 aliphatic rings. The Morgan fingerprint density at radius 3 is 2.70 bits per heavy atom. The molecule has 7 heteroatoms. The number of amides is 1. The molecule has 2 aromatic rings. The number of hydrogen-bond donors (Lipinski definition) is 2. The van der Waals surface area contributed by atoms with Crippen LogP contribution in [0.2, 0.25) is 0 Å². The van der Waals surface area contributed by atoms with E-state index < -0.39 is 0 Å². The fourth-order valence-corrected chi connectivity index (χ4v) is 3.04. The number of morpholine rings is 1. The Morgan fingerprint density at radius 2 is 2.04 bits per heavy atom. The van der Waals surface area contributed by atoms with Gasteiger partial charge >= 0.3 is 0 Å². The van der Waals surface area contributed by atoms with Gasteiger partial charge in [0.2, 0.25) is 0 Å². The van der Waals surface area contributed by atoms with Crippen molar-refractivity contribution in [1.29, 1.82) is 0 Å². The van der Waals surface area contributed by atoms with Gasteiger partial charge in [-0.05, 0) is 42.7 Å². The predicted octanol–water partition coefficient (Wildman–Crippen LogP) is 2.56. The highest BCUT2D eigenvalue weighted by atomic mass is 19.1. The smallest absolute Gasteiger partial charge is 0.253 e. The molecular weight excluding hydrogens is 347 g/mol. The fourth-order valence-electron chi connectivity index (χ4n) is 3.04. The van der Waals surface area contributed by atoms with Gasteiger partial charge in [0.05, 0.1) is 24.5 Å². The monoisotopic (exact) mass is 370 g/mol.